The molecule has 132 valence electrons. The molecule has 2 heterocycles. The van der Waals surface area contributed by atoms with Gasteiger partial charge >= 0.3 is 5.69 Å². The Bertz CT molecular complexity index is 1160. The van der Waals surface area contributed by atoms with Gasteiger partial charge in [0.25, 0.3) is 17.2 Å². The van der Waals surface area contributed by atoms with Crippen molar-refractivity contribution in [2.45, 2.75) is 6.92 Å². The molecule has 1 N–H and O–H groups in total. The normalized spacial score (nSPS) is 10.7. The molecule has 0 saturated carbocycles. The fraction of sp³-hybridized carbons (Fsp3) is 0.167. The summed E-state index contributed by atoms with van der Waals surface area (Å²) in [5.74, 6) is -1.53. The molecule has 3 rings (SSSR count). The summed E-state index contributed by atoms with van der Waals surface area (Å²) in [6.07, 6.45) is 1.29. The minimum atomic E-state index is -0.836. The summed E-state index contributed by atoms with van der Waals surface area (Å²) in [5, 5.41) is 2.60. The molecule has 26 heavy (non-hydrogen) atoms. The van der Waals surface area contributed by atoms with Crippen LogP contribution in [0, 0.1) is 6.92 Å². The number of rotatable bonds is 3. The molecule has 0 aliphatic carbocycles. The molecule has 3 aromatic rings. The maximum atomic E-state index is 12.3. The molecule has 8 heteroatoms. The Balaban J connectivity index is 1.95. The van der Waals surface area contributed by atoms with Crippen LogP contribution in [-0.4, -0.2) is 25.8 Å². The van der Waals surface area contributed by atoms with E-state index in [1.54, 1.807) is 24.3 Å². The van der Waals surface area contributed by atoms with E-state index in [4.69, 9.17) is 0 Å². The van der Waals surface area contributed by atoms with Crippen LogP contribution < -0.4 is 16.6 Å². The van der Waals surface area contributed by atoms with E-state index in [1.165, 1.54) is 30.9 Å². The molecular formula is C18H16N4O4. The fourth-order valence-corrected chi connectivity index (χ4v) is 2.56. The van der Waals surface area contributed by atoms with Gasteiger partial charge in [-0.2, -0.15) is 0 Å². The molecule has 0 aliphatic rings. The Hall–Kier alpha value is -3.55. The minimum absolute atomic E-state index is 0.162. The molecule has 1 aromatic carbocycles. The van der Waals surface area contributed by atoms with Crippen LogP contribution in [-0.2, 0) is 18.9 Å². The highest BCUT2D eigenvalue weighted by atomic mass is 16.2. The lowest BCUT2D eigenvalue weighted by atomic mass is 10.1. The largest absolute Gasteiger partial charge is 0.332 e. The number of anilines is 1. The highest BCUT2D eigenvalue weighted by Crippen LogP contribution is 2.13. The van der Waals surface area contributed by atoms with Crippen molar-refractivity contribution >= 4 is 28.4 Å². The lowest BCUT2D eigenvalue weighted by Gasteiger charge is -2.09. The van der Waals surface area contributed by atoms with Crippen molar-refractivity contribution < 1.29 is 9.59 Å². The van der Waals surface area contributed by atoms with Crippen molar-refractivity contribution in [3.63, 3.8) is 0 Å². The van der Waals surface area contributed by atoms with Crippen LogP contribution >= 0.6 is 0 Å². The van der Waals surface area contributed by atoms with Crippen molar-refractivity contribution in [1.29, 1.82) is 0 Å². The number of pyridine rings is 1. The lowest BCUT2D eigenvalue weighted by molar-refractivity contribution is -0.112. The molecule has 0 unspecified atom stereocenters. The lowest BCUT2D eigenvalue weighted by Crippen LogP contribution is -2.37. The van der Waals surface area contributed by atoms with E-state index < -0.39 is 22.9 Å². The predicted octanol–water partition coefficient (Wildman–Crippen LogP) is 0.762. The van der Waals surface area contributed by atoms with Crippen molar-refractivity contribution in [1.82, 2.24) is 14.1 Å². The molecule has 0 spiro atoms. The third-order valence-corrected chi connectivity index (χ3v) is 4.07. The number of aromatic nitrogens is 3. The average Bonchev–Trinajstić information content (AvgIpc) is 2.64. The van der Waals surface area contributed by atoms with E-state index in [9.17, 15) is 19.2 Å². The molecule has 0 aliphatic heterocycles. The van der Waals surface area contributed by atoms with Crippen molar-refractivity contribution in [2.24, 2.45) is 14.1 Å². The summed E-state index contributed by atoms with van der Waals surface area (Å²) in [5.41, 5.74) is 0.597. The van der Waals surface area contributed by atoms with Gasteiger partial charge in [0.1, 0.15) is 5.65 Å². The Labute approximate surface area is 147 Å². The number of hydrogen-bond donors (Lipinski definition) is 1. The molecule has 0 bridgehead atoms. The van der Waals surface area contributed by atoms with E-state index in [-0.39, 0.29) is 22.3 Å². The second kappa shape index (κ2) is 6.40. The number of benzene rings is 1. The van der Waals surface area contributed by atoms with Crippen molar-refractivity contribution in [3.8, 4) is 0 Å². The quantitative estimate of drug-likeness (QED) is 0.554. The van der Waals surface area contributed by atoms with Crippen LogP contribution in [0.25, 0.3) is 11.0 Å². The summed E-state index contributed by atoms with van der Waals surface area (Å²) in [4.78, 5) is 52.6. The molecule has 0 radical (unpaired) electrons. The maximum Gasteiger partial charge on any atom is 0.332 e. The zero-order valence-corrected chi connectivity index (χ0v) is 14.4. The number of fused-ring (bicyclic) bond motifs is 1. The van der Waals surface area contributed by atoms with Crippen molar-refractivity contribution in [3.05, 3.63) is 68.5 Å². The second-order valence-corrected chi connectivity index (χ2v) is 5.95. The number of carbonyl (C=O) groups is 2. The first kappa shape index (κ1) is 17.3. The molecule has 2 aromatic heterocycles. The topological polar surface area (TPSA) is 103 Å². The molecular weight excluding hydrogens is 336 g/mol. The van der Waals surface area contributed by atoms with Crippen LogP contribution in [0.4, 0.5) is 5.69 Å². The second-order valence-electron chi connectivity index (χ2n) is 5.95. The van der Waals surface area contributed by atoms with Crippen molar-refractivity contribution in [2.75, 3.05) is 5.32 Å². The number of Topliss-reactive ketones (excluding diaryl/α,β-unsaturated/α-hetero) is 1. The molecule has 1 amide bonds. The van der Waals surface area contributed by atoms with Gasteiger partial charge in [-0.25, -0.2) is 9.78 Å². The summed E-state index contributed by atoms with van der Waals surface area (Å²) < 4.78 is 2.19. The summed E-state index contributed by atoms with van der Waals surface area (Å²) >= 11 is 0. The van der Waals surface area contributed by atoms with E-state index in [0.717, 1.165) is 10.1 Å². The van der Waals surface area contributed by atoms with E-state index >= 15 is 0 Å². The van der Waals surface area contributed by atoms with Gasteiger partial charge in [-0.05, 0) is 13.0 Å². The molecule has 0 atom stereocenters. The van der Waals surface area contributed by atoms with Gasteiger partial charge in [0.2, 0.25) is 0 Å². The number of carbonyl (C=O) groups excluding carboxylic acids is 2. The van der Waals surface area contributed by atoms with Gasteiger partial charge in [0.15, 0.2) is 0 Å². The first-order chi connectivity index (χ1) is 12.3. The number of aryl methyl sites for hydroxylation is 2. The third-order valence-electron chi connectivity index (χ3n) is 4.07. The van der Waals surface area contributed by atoms with Crippen LogP contribution in [0.3, 0.4) is 0 Å². The Morgan fingerprint density at radius 3 is 2.35 bits per heavy atom. The third kappa shape index (κ3) is 2.92. The van der Waals surface area contributed by atoms with Gasteiger partial charge in [0.05, 0.1) is 17.3 Å². The Kier molecular flexibility index (Phi) is 4.25. The van der Waals surface area contributed by atoms with E-state index in [1.807, 2.05) is 6.92 Å². The molecule has 0 fully saturated rings. The molecule has 8 nitrogen and oxygen atoms in total. The van der Waals surface area contributed by atoms with Gasteiger partial charge in [-0.3, -0.25) is 23.5 Å². The van der Waals surface area contributed by atoms with Crippen LogP contribution in [0.2, 0.25) is 0 Å². The minimum Gasteiger partial charge on any atom is -0.318 e. The number of nitrogens with one attached hydrogen (secondary N) is 1. The van der Waals surface area contributed by atoms with Gasteiger partial charge < -0.3 is 5.32 Å². The number of nitrogens with zero attached hydrogens (tertiary/aromatic N) is 3. The summed E-state index contributed by atoms with van der Waals surface area (Å²) in [6.45, 7) is 1.88. The van der Waals surface area contributed by atoms with Crippen LogP contribution in [0.5, 0.6) is 0 Å². The summed E-state index contributed by atoms with van der Waals surface area (Å²) in [6, 6.07) is 8.01. The zero-order chi connectivity index (χ0) is 19.0. The van der Waals surface area contributed by atoms with E-state index in [2.05, 4.69) is 10.3 Å². The molecule has 0 saturated heterocycles. The average molecular weight is 352 g/mol. The zero-order valence-electron chi connectivity index (χ0n) is 14.4. The SMILES string of the molecule is Cc1ccc(C(=O)C(=O)Nc2cnc3c(c2)c(=O)n(C)c(=O)n3C)cc1. The number of amides is 1. The number of ketones is 1. The summed E-state index contributed by atoms with van der Waals surface area (Å²) in [7, 11) is 2.85. The first-order valence-corrected chi connectivity index (χ1v) is 7.77. The highest BCUT2D eigenvalue weighted by Gasteiger charge is 2.17. The Morgan fingerprint density at radius 1 is 1.04 bits per heavy atom. The number of hydrogen-bond acceptors (Lipinski definition) is 5. The highest BCUT2D eigenvalue weighted by molar-refractivity contribution is 6.46. The predicted molar refractivity (Wildman–Crippen MR) is 96.4 cm³/mol. The van der Waals surface area contributed by atoms with Crippen LogP contribution in [0.15, 0.2) is 46.1 Å². The first-order valence-electron chi connectivity index (χ1n) is 7.77. The fourth-order valence-electron chi connectivity index (χ4n) is 2.56. The monoisotopic (exact) mass is 352 g/mol. The van der Waals surface area contributed by atoms with Gasteiger partial charge in [-0.1, -0.05) is 29.8 Å². The maximum absolute atomic E-state index is 12.3. The van der Waals surface area contributed by atoms with Gasteiger partial charge in [-0.15, -0.1) is 0 Å². The van der Waals surface area contributed by atoms with E-state index in [0.29, 0.717) is 0 Å². The standard InChI is InChI=1S/C18H16N4O4/c1-10-4-6-11(7-5-10)14(23)16(24)20-12-8-13-15(19-9-12)21(2)18(26)22(3)17(13)25/h4-9H,1-3H3,(H,20,24). The Morgan fingerprint density at radius 2 is 1.69 bits per heavy atom. The smallest absolute Gasteiger partial charge is 0.318 e. The van der Waals surface area contributed by atoms with Crippen LogP contribution in [0.1, 0.15) is 15.9 Å². The van der Waals surface area contributed by atoms with Gasteiger partial charge in [0, 0.05) is 19.7 Å².